The third-order valence-corrected chi connectivity index (χ3v) is 4.68. The summed E-state index contributed by atoms with van der Waals surface area (Å²) in [6.07, 6.45) is 1.29. The smallest absolute Gasteiger partial charge is 0.318 e. The highest BCUT2D eigenvalue weighted by Crippen LogP contribution is 2.27. The minimum atomic E-state index is -4.05. The Balaban J connectivity index is 3.29. The van der Waals surface area contributed by atoms with Crippen molar-refractivity contribution in [2.45, 2.75) is 4.90 Å². The molecule has 1 aromatic carbocycles. The number of nitrogens with zero attached hydrogens (tertiary/aromatic N) is 1. The van der Waals surface area contributed by atoms with Crippen molar-refractivity contribution in [1.82, 2.24) is 4.31 Å². The first-order valence-corrected chi connectivity index (χ1v) is 7.26. The van der Waals surface area contributed by atoms with Crippen molar-refractivity contribution in [3.63, 3.8) is 0 Å². The molecule has 1 N–H and O–H groups in total. The van der Waals surface area contributed by atoms with Crippen molar-refractivity contribution in [2.75, 3.05) is 13.1 Å². The molecule has 0 saturated carbocycles. The lowest BCUT2D eigenvalue weighted by atomic mass is 10.4. The average molecular weight is 324 g/mol. The number of carboxylic acid groups (broad SMARTS) is 1. The zero-order chi connectivity index (χ0) is 14.6. The van der Waals surface area contributed by atoms with Crippen molar-refractivity contribution in [1.29, 1.82) is 0 Å². The largest absolute Gasteiger partial charge is 0.480 e. The summed E-state index contributed by atoms with van der Waals surface area (Å²) in [6, 6.07) is 3.96. The lowest BCUT2D eigenvalue weighted by molar-refractivity contribution is -0.137. The second kappa shape index (κ2) is 6.38. The molecular formula is C11H11Cl2NO4S. The number of halogens is 2. The van der Waals surface area contributed by atoms with E-state index < -0.39 is 22.5 Å². The van der Waals surface area contributed by atoms with Crippen molar-refractivity contribution in [2.24, 2.45) is 0 Å². The predicted octanol–water partition coefficient (Wildman–Crippen LogP) is 2.25. The number of sulfonamides is 1. The second-order valence-corrected chi connectivity index (χ2v) is 6.30. The van der Waals surface area contributed by atoms with Crippen LogP contribution in [0.5, 0.6) is 0 Å². The summed E-state index contributed by atoms with van der Waals surface area (Å²) >= 11 is 11.6. The van der Waals surface area contributed by atoms with E-state index in [4.69, 9.17) is 28.3 Å². The van der Waals surface area contributed by atoms with E-state index in [9.17, 15) is 13.2 Å². The van der Waals surface area contributed by atoms with Crippen LogP contribution in [-0.4, -0.2) is 36.9 Å². The van der Waals surface area contributed by atoms with Gasteiger partial charge in [0, 0.05) is 11.6 Å². The molecule has 0 atom stereocenters. The molecule has 0 radical (unpaired) electrons. The lowest BCUT2D eigenvalue weighted by Crippen LogP contribution is -2.35. The summed E-state index contributed by atoms with van der Waals surface area (Å²) in [5, 5.41) is 8.91. The van der Waals surface area contributed by atoms with Gasteiger partial charge in [0.1, 0.15) is 11.4 Å². The SMILES string of the molecule is C=CCN(CC(=O)O)S(=O)(=O)c1cc(Cl)ccc1Cl. The standard InChI is InChI=1S/C11H11Cl2NO4S/c1-2-5-14(7-11(15)16)19(17,18)10-6-8(12)3-4-9(10)13/h2-4,6H,1,5,7H2,(H,15,16). The molecular weight excluding hydrogens is 313 g/mol. The maximum Gasteiger partial charge on any atom is 0.318 e. The molecule has 0 heterocycles. The molecule has 0 bridgehead atoms. The highest BCUT2D eigenvalue weighted by atomic mass is 35.5. The highest BCUT2D eigenvalue weighted by Gasteiger charge is 2.27. The van der Waals surface area contributed by atoms with Gasteiger partial charge in [-0.3, -0.25) is 4.79 Å². The molecule has 104 valence electrons. The van der Waals surface area contributed by atoms with E-state index in [0.29, 0.717) is 0 Å². The Morgan fingerprint density at radius 1 is 1.42 bits per heavy atom. The van der Waals surface area contributed by atoms with E-state index >= 15 is 0 Å². The van der Waals surface area contributed by atoms with Gasteiger partial charge in [0.05, 0.1) is 5.02 Å². The highest BCUT2D eigenvalue weighted by molar-refractivity contribution is 7.89. The molecule has 0 aliphatic carbocycles. The third-order valence-electron chi connectivity index (χ3n) is 2.16. The number of carboxylic acids is 1. The third kappa shape index (κ3) is 3.94. The van der Waals surface area contributed by atoms with Gasteiger partial charge in [-0.2, -0.15) is 4.31 Å². The van der Waals surface area contributed by atoms with Crippen LogP contribution in [-0.2, 0) is 14.8 Å². The summed E-state index contributed by atoms with van der Waals surface area (Å²) in [6.45, 7) is 2.57. The first-order chi connectivity index (χ1) is 8.78. The molecule has 19 heavy (non-hydrogen) atoms. The van der Waals surface area contributed by atoms with Gasteiger partial charge in [0.15, 0.2) is 0 Å². The van der Waals surface area contributed by atoms with Crippen LogP contribution in [0.2, 0.25) is 10.0 Å². The van der Waals surface area contributed by atoms with Crippen molar-refractivity contribution >= 4 is 39.2 Å². The quantitative estimate of drug-likeness (QED) is 0.815. The van der Waals surface area contributed by atoms with E-state index in [-0.39, 0.29) is 21.5 Å². The molecule has 0 spiro atoms. The summed E-state index contributed by atoms with van der Waals surface area (Å²) in [4.78, 5) is 10.5. The van der Waals surface area contributed by atoms with E-state index in [1.54, 1.807) is 0 Å². The van der Waals surface area contributed by atoms with Gasteiger partial charge in [-0.15, -0.1) is 6.58 Å². The minimum Gasteiger partial charge on any atom is -0.480 e. The van der Waals surface area contributed by atoms with Gasteiger partial charge >= 0.3 is 5.97 Å². The molecule has 0 amide bonds. The van der Waals surface area contributed by atoms with Gasteiger partial charge in [-0.1, -0.05) is 29.3 Å². The van der Waals surface area contributed by atoms with Crippen LogP contribution in [0.25, 0.3) is 0 Å². The van der Waals surface area contributed by atoms with Crippen molar-refractivity contribution in [3.05, 3.63) is 40.9 Å². The van der Waals surface area contributed by atoms with Gasteiger partial charge in [0.2, 0.25) is 10.0 Å². The maximum absolute atomic E-state index is 12.3. The minimum absolute atomic E-state index is 0.0242. The molecule has 0 saturated heterocycles. The lowest BCUT2D eigenvalue weighted by Gasteiger charge is -2.19. The molecule has 0 fully saturated rings. The first kappa shape index (κ1) is 16.0. The fourth-order valence-corrected chi connectivity index (χ4v) is 3.45. The Bertz CT molecular complexity index is 601. The van der Waals surface area contributed by atoms with Crippen LogP contribution < -0.4 is 0 Å². The fourth-order valence-electron chi connectivity index (χ4n) is 1.36. The first-order valence-electron chi connectivity index (χ1n) is 5.07. The molecule has 0 aromatic heterocycles. The Hall–Kier alpha value is -1.08. The Morgan fingerprint density at radius 2 is 2.05 bits per heavy atom. The normalized spacial score (nSPS) is 11.5. The molecule has 8 heteroatoms. The van der Waals surface area contributed by atoms with E-state index in [0.717, 1.165) is 4.31 Å². The van der Waals surface area contributed by atoms with Crippen molar-refractivity contribution in [3.8, 4) is 0 Å². The number of carbonyl (C=O) groups is 1. The number of hydrogen-bond donors (Lipinski definition) is 1. The second-order valence-electron chi connectivity index (χ2n) is 3.55. The van der Waals surface area contributed by atoms with Gasteiger partial charge in [0.25, 0.3) is 0 Å². The Kier molecular flexibility index (Phi) is 5.37. The number of benzene rings is 1. The maximum atomic E-state index is 12.3. The average Bonchev–Trinajstić information content (AvgIpc) is 2.31. The number of aliphatic carboxylic acids is 1. The summed E-state index contributed by atoms with van der Waals surface area (Å²) in [5.41, 5.74) is 0. The summed E-state index contributed by atoms with van der Waals surface area (Å²) in [5.74, 6) is -1.27. The summed E-state index contributed by atoms with van der Waals surface area (Å²) < 4.78 is 25.4. The molecule has 5 nitrogen and oxygen atoms in total. The Morgan fingerprint density at radius 3 is 2.58 bits per heavy atom. The van der Waals surface area contributed by atoms with Crippen molar-refractivity contribution < 1.29 is 18.3 Å². The fraction of sp³-hybridized carbons (Fsp3) is 0.182. The predicted molar refractivity (Wildman–Crippen MR) is 73.1 cm³/mol. The van der Waals surface area contributed by atoms with Crippen LogP contribution in [0.3, 0.4) is 0 Å². The van der Waals surface area contributed by atoms with E-state index in [1.807, 2.05) is 0 Å². The summed E-state index contributed by atoms with van der Waals surface area (Å²) in [7, 11) is -4.05. The van der Waals surface area contributed by atoms with E-state index in [1.165, 1.54) is 24.3 Å². The van der Waals surface area contributed by atoms with Crippen LogP contribution in [0, 0.1) is 0 Å². The number of rotatable bonds is 6. The molecule has 0 unspecified atom stereocenters. The molecule has 1 aromatic rings. The zero-order valence-corrected chi connectivity index (χ0v) is 12.0. The van der Waals surface area contributed by atoms with Crippen LogP contribution in [0.4, 0.5) is 0 Å². The molecule has 0 aliphatic heterocycles. The number of hydrogen-bond acceptors (Lipinski definition) is 3. The van der Waals surface area contributed by atoms with Crippen LogP contribution >= 0.6 is 23.2 Å². The van der Waals surface area contributed by atoms with Crippen LogP contribution in [0.1, 0.15) is 0 Å². The monoisotopic (exact) mass is 323 g/mol. The van der Waals surface area contributed by atoms with Gasteiger partial charge in [-0.25, -0.2) is 8.42 Å². The molecule has 1 rings (SSSR count). The Labute approximate surface area is 121 Å². The zero-order valence-electron chi connectivity index (χ0n) is 9.71. The van der Waals surface area contributed by atoms with Gasteiger partial charge < -0.3 is 5.11 Å². The van der Waals surface area contributed by atoms with Crippen LogP contribution in [0.15, 0.2) is 35.7 Å². The van der Waals surface area contributed by atoms with Gasteiger partial charge in [-0.05, 0) is 18.2 Å². The topological polar surface area (TPSA) is 74.7 Å². The molecule has 0 aliphatic rings. The van der Waals surface area contributed by atoms with E-state index in [2.05, 4.69) is 6.58 Å².